The molecule has 0 amide bonds. The topological polar surface area (TPSA) is 43.8 Å². The minimum Gasteiger partial charge on any atom is -0.324 e. The maximum Gasteiger partial charge on any atom is 0.0665 e. The lowest BCUT2D eigenvalue weighted by Gasteiger charge is -2.34. The van der Waals surface area contributed by atoms with Crippen LogP contribution in [0.1, 0.15) is 43.3 Å². The smallest absolute Gasteiger partial charge is 0.0665 e. The Bertz CT molecular complexity index is 610. The maximum atomic E-state index is 6.32. The summed E-state index contributed by atoms with van der Waals surface area (Å²) in [5.74, 6) is 0. The molecule has 0 aromatic carbocycles. The first kappa shape index (κ1) is 12.4. The molecule has 19 heavy (non-hydrogen) atoms. The molecule has 1 aliphatic rings. The SMILES string of the molecule is Cc1ncccc1-n1ccc2c1CC(C)(C)CC2N. The summed E-state index contributed by atoms with van der Waals surface area (Å²) in [6, 6.07) is 6.43. The average Bonchev–Trinajstić information content (AvgIpc) is 2.72. The van der Waals surface area contributed by atoms with Gasteiger partial charge in [-0.25, -0.2) is 0 Å². The van der Waals surface area contributed by atoms with E-state index in [1.165, 1.54) is 11.3 Å². The van der Waals surface area contributed by atoms with E-state index in [2.05, 4.69) is 48.7 Å². The summed E-state index contributed by atoms with van der Waals surface area (Å²) in [6.07, 6.45) is 6.09. The molecule has 1 atom stereocenters. The van der Waals surface area contributed by atoms with Crippen molar-refractivity contribution in [3.63, 3.8) is 0 Å². The highest BCUT2D eigenvalue weighted by Crippen LogP contribution is 2.40. The summed E-state index contributed by atoms with van der Waals surface area (Å²) in [4.78, 5) is 4.39. The fourth-order valence-corrected chi connectivity index (χ4v) is 3.19. The van der Waals surface area contributed by atoms with E-state index in [0.717, 1.165) is 24.2 Å². The number of pyridine rings is 1. The summed E-state index contributed by atoms with van der Waals surface area (Å²) in [5.41, 5.74) is 11.4. The van der Waals surface area contributed by atoms with Crippen LogP contribution in [-0.4, -0.2) is 9.55 Å². The van der Waals surface area contributed by atoms with Crippen LogP contribution in [-0.2, 0) is 6.42 Å². The number of nitrogens with two attached hydrogens (primary N) is 1. The molecular weight excluding hydrogens is 234 g/mol. The quantitative estimate of drug-likeness (QED) is 0.850. The molecule has 1 unspecified atom stereocenters. The fourth-order valence-electron chi connectivity index (χ4n) is 3.19. The van der Waals surface area contributed by atoms with Gasteiger partial charge in [-0.3, -0.25) is 4.98 Å². The Morgan fingerprint density at radius 2 is 2.16 bits per heavy atom. The second-order valence-corrected chi connectivity index (χ2v) is 6.35. The van der Waals surface area contributed by atoms with Gasteiger partial charge in [0.25, 0.3) is 0 Å². The highest BCUT2D eigenvalue weighted by atomic mass is 15.0. The number of rotatable bonds is 1. The molecule has 1 aliphatic carbocycles. The Morgan fingerprint density at radius 3 is 2.89 bits per heavy atom. The molecule has 0 saturated heterocycles. The highest BCUT2D eigenvalue weighted by Gasteiger charge is 2.32. The van der Waals surface area contributed by atoms with E-state index in [1.807, 2.05) is 12.3 Å². The van der Waals surface area contributed by atoms with Crippen molar-refractivity contribution in [2.24, 2.45) is 11.1 Å². The first-order chi connectivity index (χ1) is 8.98. The van der Waals surface area contributed by atoms with Gasteiger partial charge >= 0.3 is 0 Å². The maximum absolute atomic E-state index is 6.32. The van der Waals surface area contributed by atoms with Crippen LogP contribution in [0.3, 0.4) is 0 Å². The summed E-state index contributed by atoms with van der Waals surface area (Å²) in [7, 11) is 0. The zero-order chi connectivity index (χ0) is 13.6. The van der Waals surface area contributed by atoms with Gasteiger partial charge in [-0.1, -0.05) is 13.8 Å². The van der Waals surface area contributed by atoms with Gasteiger partial charge in [0.1, 0.15) is 0 Å². The normalized spacial score (nSPS) is 21.2. The second-order valence-electron chi connectivity index (χ2n) is 6.35. The van der Waals surface area contributed by atoms with E-state index in [4.69, 9.17) is 5.73 Å². The van der Waals surface area contributed by atoms with Gasteiger partial charge in [-0.15, -0.1) is 0 Å². The summed E-state index contributed by atoms with van der Waals surface area (Å²) >= 11 is 0. The van der Waals surface area contributed by atoms with Gasteiger partial charge in [0.15, 0.2) is 0 Å². The zero-order valence-corrected chi connectivity index (χ0v) is 11.9. The van der Waals surface area contributed by atoms with Crippen molar-refractivity contribution >= 4 is 0 Å². The first-order valence-electron chi connectivity index (χ1n) is 6.86. The molecule has 3 nitrogen and oxygen atoms in total. The van der Waals surface area contributed by atoms with Crippen molar-refractivity contribution in [3.8, 4) is 5.69 Å². The monoisotopic (exact) mass is 255 g/mol. The van der Waals surface area contributed by atoms with Crippen LogP contribution in [0.5, 0.6) is 0 Å². The number of hydrogen-bond donors (Lipinski definition) is 1. The minimum atomic E-state index is 0.150. The first-order valence-corrected chi connectivity index (χ1v) is 6.86. The molecule has 0 fully saturated rings. The van der Waals surface area contributed by atoms with Gasteiger partial charge in [0.05, 0.1) is 11.4 Å². The number of hydrogen-bond acceptors (Lipinski definition) is 2. The van der Waals surface area contributed by atoms with Crippen LogP contribution in [0.2, 0.25) is 0 Å². The Morgan fingerprint density at radius 1 is 1.37 bits per heavy atom. The Kier molecular flexibility index (Phi) is 2.75. The van der Waals surface area contributed by atoms with Crippen LogP contribution in [0, 0.1) is 12.3 Å². The molecule has 3 heteroatoms. The van der Waals surface area contributed by atoms with E-state index in [-0.39, 0.29) is 11.5 Å². The summed E-state index contributed by atoms with van der Waals surface area (Å²) < 4.78 is 2.26. The van der Waals surface area contributed by atoms with Gasteiger partial charge in [-0.2, -0.15) is 0 Å². The van der Waals surface area contributed by atoms with Gasteiger partial charge in [-0.05, 0) is 48.9 Å². The van der Waals surface area contributed by atoms with Crippen molar-refractivity contribution in [1.82, 2.24) is 9.55 Å². The Labute approximate surface area is 114 Å². The molecule has 3 rings (SSSR count). The van der Waals surface area contributed by atoms with Gasteiger partial charge in [0.2, 0.25) is 0 Å². The molecule has 0 aliphatic heterocycles. The van der Waals surface area contributed by atoms with Crippen LogP contribution in [0.4, 0.5) is 0 Å². The molecule has 2 aromatic rings. The number of nitrogens with zero attached hydrogens (tertiary/aromatic N) is 2. The van der Waals surface area contributed by atoms with Crippen molar-refractivity contribution in [3.05, 3.63) is 47.5 Å². The molecule has 2 heterocycles. The van der Waals surface area contributed by atoms with Crippen LogP contribution < -0.4 is 5.73 Å². The van der Waals surface area contributed by atoms with Crippen molar-refractivity contribution in [2.45, 2.75) is 39.7 Å². The lowest BCUT2D eigenvalue weighted by molar-refractivity contribution is 0.278. The van der Waals surface area contributed by atoms with Crippen LogP contribution in [0.25, 0.3) is 5.69 Å². The lowest BCUT2D eigenvalue weighted by Crippen LogP contribution is -2.30. The van der Waals surface area contributed by atoms with Crippen molar-refractivity contribution < 1.29 is 0 Å². The van der Waals surface area contributed by atoms with Gasteiger partial charge < -0.3 is 10.3 Å². The van der Waals surface area contributed by atoms with Crippen molar-refractivity contribution in [2.75, 3.05) is 0 Å². The Hall–Kier alpha value is -1.61. The predicted molar refractivity (Wildman–Crippen MR) is 77.3 cm³/mol. The molecule has 2 aromatic heterocycles. The molecule has 0 saturated carbocycles. The lowest BCUT2D eigenvalue weighted by atomic mass is 9.74. The minimum absolute atomic E-state index is 0.150. The molecule has 2 N–H and O–H groups in total. The van der Waals surface area contributed by atoms with Crippen LogP contribution >= 0.6 is 0 Å². The Balaban J connectivity index is 2.14. The second kappa shape index (κ2) is 4.20. The van der Waals surface area contributed by atoms with Crippen molar-refractivity contribution in [1.29, 1.82) is 0 Å². The molecule has 0 radical (unpaired) electrons. The predicted octanol–water partition coefficient (Wildman–Crippen LogP) is 3.15. The highest BCUT2D eigenvalue weighted by molar-refractivity contribution is 5.43. The fraction of sp³-hybridized carbons (Fsp3) is 0.438. The molecule has 100 valence electrons. The largest absolute Gasteiger partial charge is 0.324 e. The van der Waals surface area contributed by atoms with E-state index in [0.29, 0.717) is 0 Å². The molecule has 0 spiro atoms. The number of fused-ring (bicyclic) bond motifs is 1. The molecule has 0 bridgehead atoms. The summed E-state index contributed by atoms with van der Waals surface area (Å²) in [6.45, 7) is 6.64. The van der Waals surface area contributed by atoms with E-state index >= 15 is 0 Å². The van der Waals surface area contributed by atoms with Gasteiger partial charge in [0, 0.05) is 24.1 Å². The summed E-state index contributed by atoms with van der Waals surface area (Å²) in [5, 5.41) is 0. The third-order valence-electron chi connectivity index (χ3n) is 4.08. The van der Waals surface area contributed by atoms with E-state index < -0.39 is 0 Å². The third-order valence-corrected chi connectivity index (χ3v) is 4.08. The number of aromatic nitrogens is 2. The average molecular weight is 255 g/mol. The van der Waals surface area contributed by atoms with E-state index in [1.54, 1.807) is 0 Å². The molecular formula is C16H21N3. The van der Waals surface area contributed by atoms with Crippen LogP contribution in [0.15, 0.2) is 30.6 Å². The van der Waals surface area contributed by atoms with E-state index in [9.17, 15) is 0 Å². The number of aryl methyl sites for hydroxylation is 1. The zero-order valence-electron chi connectivity index (χ0n) is 11.9. The standard InChI is InChI=1S/C16H21N3/c1-11-14(5-4-7-18-11)19-8-6-12-13(17)9-16(2,3)10-15(12)19/h4-8,13H,9-10,17H2,1-3H3. The third kappa shape index (κ3) is 2.08.